The Morgan fingerprint density at radius 3 is 2.75 bits per heavy atom. The molecule has 32 heavy (non-hydrogen) atoms. The lowest BCUT2D eigenvalue weighted by Crippen LogP contribution is -2.44. The average molecular weight is 438 g/mol. The summed E-state index contributed by atoms with van der Waals surface area (Å²) in [6, 6.07) is 1.43. The number of fused-ring (bicyclic) bond motifs is 1. The zero-order valence-corrected chi connectivity index (χ0v) is 18.5. The molecule has 1 amide bonds. The van der Waals surface area contributed by atoms with Crippen LogP contribution in [0.1, 0.15) is 19.5 Å². The smallest absolute Gasteiger partial charge is 0.257 e. The highest BCUT2D eigenvalue weighted by Gasteiger charge is 2.27. The van der Waals surface area contributed by atoms with E-state index in [-0.39, 0.29) is 23.0 Å². The molecule has 0 saturated carbocycles. The van der Waals surface area contributed by atoms with Crippen molar-refractivity contribution in [3.05, 3.63) is 65.2 Å². The normalized spacial score (nSPS) is 18.2. The van der Waals surface area contributed by atoms with Gasteiger partial charge in [0.2, 0.25) is 0 Å². The SMILES string of the molecule is Cc1cn2cc(NC(=O)C3=CC=C(N4CCNCC4)/C(=C/NC(C)C)C3=N)cc(F)c2n1. The summed E-state index contributed by atoms with van der Waals surface area (Å²) >= 11 is 0. The van der Waals surface area contributed by atoms with Gasteiger partial charge in [-0.2, -0.15) is 0 Å². The molecule has 2 aromatic heterocycles. The van der Waals surface area contributed by atoms with Crippen molar-refractivity contribution < 1.29 is 9.18 Å². The zero-order chi connectivity index (χ0) is 22.8. The van der Waals surface area contributed by atoms with Crippen LogP contribution >= 0.6 is 0 Å². The molecule has 0 unspecified atom stereocenters. The van der Waals surface area contributed by atoms with Gasteiger partial charge in [-0.05, 0) is 32.9 Å². The van der Waals surface area contributed by atoms with Crippen LogP contribution in [0.5, 0.6) is 0 Å². The van der Waals surface area contributed by atoms with E-state index in [0.717, 1.165) is 31.9 Å². The fourth-order valence-corrected chi connectivity index (χ4v) is 3.82. The van der Waals surface area contributed by atoms with Gasteiger partial charge in [0.1, 0.15) is 0 Å². The Bertz CT molecular complexity index is 1150. The van der Waals surface area contributed by atoms with Crippen molar-refractivity contribution in [2.75, 3.05) is 31.5 Å². The van der Waals surface area contributed by atoms with E-state index in [9.17, 15) is 9.18 Å². The van der Waals surface area contributed by atoms with Crippen LogP contribution in [0.3, 0.4) is 0 Å². The van der Waals surface area contributed by atoms with E-state index in [2.05, 4.69) is 25.8 Å². The molecule has 8 nitrogen and oxygen atoms in total. The van der Waals surface area contributed by atoms with Gasteiger partial charge in [-0.3, -0.25) is 10.2 Å². The first-order chi connectivity index (χ1) is 15.3. The predicted molar refractivity (Wildman–Crippen MR) is 123 cm³/mol. The second-order valence-electron chi connectivity index (χ2n) is 8.27. The number of amides is 1. The molecule has 0 atom stereocenters. The van der Waals surface area contributed by atoms with E-state index in [4.69, 9.17) is 5.41 Å². The first-order valence-corrected chi connectivity index (χ1v) is 10.7. The van der Waals surface area contributed by atoms with E-state index in [1.807, 2.05) is 19.9 Å². The summed E-state index contributed by atoms with van der Waals surface area (Å²) in [7, 11) is 0. The molecular weight excluding hydrogens is 409 g/mol. The van der Waals surface area contributed by atoms with E-state index >= 15 is 0 Å². The van der Waals surface area contributed by atoms with Crippen LogP contribution < -0.4 is 16.0 Å². The lowest BCUT2D eigenvalue weighted by Gasteiger charge is -2.34. The van der Waals surface area contributed by atoms with Crippen LogP contribution in [0.15, 0.2) is 53.7 Å². The number of aromatic nitrogens is 2. The van der Waals surface area contributed by atoms with Gasteiger partial charge < -0.3 is 25.3 Å². The lowest BCUT2D eigenvalue weighted by atomic mass is 9.93. The largest absolute Gasteiger partial charge is 0.388 e. The first-order valence-electron chi connectivity index (χ1n) is 10.7. The maximum Gasteiger partial charge on any atom is 0.257 e. The Morgan fingerprint density at radius 1 is 1.28 bits per heavy atom. The number of imidazole rings is 1. The molecule has 0 aromatic carbocycles. The molecule has 1 aliphatic carbocycles. The fraction of sp³-hybridized carbons (Fsp3) is 0.348. The van der Waals surface area contributed by atoms with E-state index in [1.165, 1.54) is 6.07 Å². The van der Waals surface area contributed by atoms with Crippen LogP contribution in [0.25, 0.3) is 5.65 Å². The fourth-order valence-electron chi connectivity index (χ4n) is 3.82. The Morgan fingerprint density at radius 2 is 2.03 bits per heavy atom. The molecule has 1 aliphatic heterocycles. The van der Waals surface area contributed by atoms with Gasteiger partial charge in [0.25, 0.3) is 5.91 Å². The summed E-state index contributed by atoms with van der Waals surface area (Å²) in [4.78, 5) is 19.4. The number of rotatable bonds is 5. The molecule has 4 rings (SSSR count). The summed E-state index contributed by atoms with van der Waals surface area (Å²) in [5, 5.41) is 18.1. The zero-order valence-electron chi connectivity index (χ0n) is 18.5. The number of aryl methyl sites for hydroxylation is 1. The molecule has 2 aliphatic rings. The molecule has 1 saturated heterocycles. The van der Waals surface area contributed by atoms with Gasteiger partial charge in [0.05, 0.1) is 22.7 Å². The van der Waals surface area contributed by atoms with Crippen molar-refractivity contribution in [2.24, 2.45) is 0 Å². The van der Waals surface area contributed by atoms with Crippen molar-refractivity contribution in [3.8, 4) is 0 Å². The van der Waals surface area contributed by atoms with Gasteiger partial charge in [-0.1, -0.05) is 0 Å². The summed E-state index contributed by atoms with van der Waals surface area (Å²) < 4.78 is 15.9. The highest BCUT2D eigenvalue weighted by atomic mass is 19.1. The molecule has 9 heteroatoms. The van der Waals surface area contributed by atoms with E-state index in [1.54, 1.807) is 36.0 Å². The van der Waals surface area contributed by atoms with Crippen LogP contribution in [-0.2, 0) is 4.79 Å². The van der Waals surface area contributed by atoms with Crippen LogP contribution in [0, 0.1) is 18.2 Å². The molecule has 168 valence electrons. The number of hydrogen-bond donors (Lipinski definition) is 4. The molecule has 0 bridgehead atoms. The van der Waals surface area contributed by atoms with Gasteiger partial charge in [-0.25, -0.2) is 9.37 Å². The van der Waals surface area contributed by atoms with E-state index in [0.29, 0.717) is 17.0 Å². The lowest BCUT2D eigenvalue weighted by molar-refractivity contribution is -0.112. The summed E-state index contributed by atoms with van der Waals surface area (Å²) in [5.74, 6) is -0.983. The first kappa shape index (κ1) is 21.8. The molecule has 1 fully saturated rings. The monoisotopic (exact) mass is 437 g/mol. The van der Waals surface area contributed by atoms with Crippen molar-refractivity contribution in [2.45, 2.75) is 26.8 Å². The van der Waals surface area contributed by atoms with Crippen molar-refractivity contribution >= 4 is 23.0 Å². The Hall–Kier alpha value is -3.46. The predicted octanol–water partition coefficient (Wildman–Crippen LogP) is 2.35. The molecule has 3 heterocycles. The molecular formula is C23H28FN7O. The molecule has 2 aromatic rings. The topological polar surface area (TPSA) is 97.5 Å². The standard InChI is InChI=1S/C23H28FN7O/c1-14(2)27-11-18-20(30-8-6-26-7-9-30)5-4-17(21(18)25)23(32)29-16-10-19(24)22-28-15(3)12-31(22)13-16/h4-5,10-14,25-27H,6-9H2,1-3H3,(H,29,32)/b18-11-,25-21?. The Kier molecular flexibility index (Phi) is 6.09. The number of hydrogen-bond acceptors (Lipinski definition) is 6. The molecule has 0 spiro atoms. The minimum Gasteiger partial charge on any atom is -0.388 e. The number of nitrogens with zero attached hydrogens (tertiary/aromatic N) is 3. The third-order valence-electron chi connectivity index (χ3n) is 5.37. The molecule has 4 N–H and O–H groups in total. The number of pyridine rings is 1. The number of carbonyl (C=O) groups excluding carboxylic acids is 1. The minimum atomic E-state index is -0.522. The highest BCUT2D eigenvalue weighted by Crippen LogP contribution is 2.26. The Balaban J connectivity index is 1.62. The number of piperazine rings is 1. The average Bonchev–Trinajstić information content (AvgIpc) is 3.13. The van der Waals surface area contributed by atoms with Crippen molar-refractivity contribution in [1.29, 1.82) is 5.41 Å². The second-order valence-corrected chi connectivity index (χ2v) is 8.27. The third kappa shape index (κ3) is 4.43. The quantitative estimate of drug-likeness (QED) is 0.576. The van der Waals surface area contributed by atoms with Crippen LogP contribution in [-0.4, -0.2) is 58.1 Å². The van der Waals surface area contributed by atoms with Crippen molar-refractivity contribution in [1.82, 2.24) is 24.9 Å². The van der Waals surface area contributed by atoms with Gasteiger partial charge in [0.15, 0.2) is 11.5 Å². The molecule has 0 radical (unpaired) electrons. The van der Waals surface area contributed by atoms with Gasteiger partial charge >= 0.3 is 0 Å². The number of anilines is 1. The van der Waals surface area contributed by atoms with Crippen LogP contribution in [0.2, 0.25) is 0 Å². The summed E-state index contributed by atoms with van der Waals surface area (Å²) in [5.41, 5.74) is 3.13. The summed E-state index contributed by atoms with van der Waals surface area (Å²) in [6.45, 7) is 9.21. The van der Waals surface area contributed by atoms with Crippen LogP contribution in [0.4, 0.5) is 10.1 Å². The summed E-state index contributed by atoms with van der Waals surface area (Å²) in [6.07, 6.45) is 8.66. The van der Waals surface area contributed by atoms with E-state index < -0.39 is 11.7 Å². The number of nitrogens with one attached hydrogen (secondary N) is 4. The number of allylic oxidation sites excluding steroid dienone is 3. The number of halogens is 1. The van der Waals surface area contributed by atoms with Gasteiger partial charge in [-0.15, -0.1) is 0 Å². The maximum absolute atomic E-state index is 14.4. The van der Waals surface area contributed by atoms with Crippen molar-refractivity contribution in [3.63, 3.8) is 0 Å². The number of carbonyl (C=O) groups is 1. The van der Waals surface area contributed by atoms with Gasteiger partial charge in [0, 0.05) is 68.2 Å². The minimum absolute atomic E-state index is 0.131. The highest BCUT2D eigenvalue weighted by molar-refractivity contribution is 6.31. The Labute approximate surface area is 186 Å². The third-order valence-corrected chi connectivity index (χ3v) is 5.37. The second kappa shape index (κ2) is 8.96. The maximum atomic E-state index is 14.4.